The summed E-state index contributed by atoms with van der Waals surface area (Å²) < 4.78 is 0. The summed E-state index contributed by atoms with van der Waals surface area (Å²) in [7, 11) is 0. The highest BCUT2D eigenvalue weighted by Gasteiger charge is 2.11. The quantitative estimate of drug-likeness (QED) is 0.783. The van der Waals surface area contributed by atoms with Crippen molar-refractivity contribution in [2.45, 2.75) is 37.8 Å². The number of rotatable bonds is 7. The van der Waals surface area contributed by atoms with Crippen LogP contribution in [0.25, 0.3) is 0 Å². The Morgan fingerprint density at radius 2 is 1.81 bits per heavy atom. The van der Waals surface area contributed by atoms with Crippen LogP contribution in [0.5, 0.6) is 0 Å². The predicted octanol–water partition coefficient (Wildman–Crippen LogP) is 4.04. The third-order valence-electron chi connectivity index (χ3n) is 3.39. The molecule has 0 amide bonds. The molecule has 1 atom stereocenters. The second-order valence-corrected chi connectivity index (χ2v) is 6.33. The molecule has 1 unspecified atom stereocenters. The van der Waals surface area contributed by atoms with Crippen molar-refractivity contribution in [3.8, 4) is 0 Å². The van der Waals surface area contributed by atoms with E-state index in [0.717, 1.165) is 17.3 Å². The van der Waals surface area contributed by atoms with Gasteiger partial charge in [0, 0.05) is 24.2 Å². The topological polar surface area (TPSA) is 37.8 Å². The Hall–Kier alpha value is -1.39. The van der Waals surface area contributed by atoms with Crippen molar-refractivity contribution >= 4 is 11.8 Å². The lowest BCUT2D eigenvalue weighted by Crippen LogP contribution is -2.23. The van der Waals surface area contributed by atoms with E-state index in [0.29, 0.717) is 12.0 Å². The van der Waals surface area contributed by atoms with Crippen LogP contribution in [0, 0.1) is 0 Å². The second-order valence-electron chi connectivity index (χ2n) is 5.29. The Morgan fingerprint density at radius 1 is 1.10 bits per heavy atom. The maximum Gasteiger partial charge on any atom is 0.114 e. The SMILES string of the molecule is CCNC(CSc1cnccn1)c1ccc(C(C)C)cc1. The molecule has 1 N–H and O–H groups in total. The number of nitrogens with one attached hydrogen (secondary N) is 1. The average Bonchev–Trinajstić information content (AvgIpc) is 2.52. The summed E-state index contributed by atoms with van der Waals surface area (Å²) >= 11 is 1.74. The Labute approximate surface area is 131 Å². The van der Waals surface area contributed by atoms with E-state index in [1.165, 1.54) is 11.1 Å². The molecule has 0 fully saturated rings. The first-order chi connectivity index (χ1) is 10.2. The van der Waals surface area contributed by atoms with Gasteiger partial charge in [-0.15, -0.1) is 11.8 Å². The first-order valence-electron chi connectivity index (χ1n) is 7.42. The molecule has 0 aliphatic carbocycles. The molecular weight excluding hydrogens is 278 g/mol. The second kappa shape index (κ2) is 8.15. The fraction of sp³-hybridized carbons (Fsp3) is 0.412. The minimum atomic E-state index is 0.336. The maximum atomic E-state index is 4.31. The van der Waals surface area contributed by atoms with Crippen LogP contribution in [0.2, 0.25) is 0 Å². The van der Waals surface area contributed by atoms with Gasteiger partial charge in [-0.1, -0.05) is 45.0 Å². The normalized spacial score (nSPS) is 12.6. The number of thioether (sulfide) groups is 1. The number of aromatic nitrogens is 2. The summed E-state index contributed by atoms with van der Waals surface area (Å²) in [5, 5.41) is 4.52. The lowest BCUT2D eigenvalue weighted by molar-refractivity contribution is 0.605. The molecule has 1 heterocycles. The van der Waals surface area contributed by atoms with Crippen molar-refractivity contribution in [2.24, 2.45) is 0 Å². The van der Waals surface area contributed by atoms with Gasteiger partial charge in [-0.2, -0.15) is 0 Å². The van der Waals surface area contributed by atoms with Crippen LogP contribution in [0.1, 0.15) is 43.9 Å². The predicted molar refractivity (Wildman–Crippen MR) is 89.7 cm³/mol. The van der Waals surface area contributed by atoms with E-state index in [-0.39, 0.29) is 0 Å². The number of nitrogens with zero attached hydrogens (tertiary/aromatic N) is 2. The van der Waals surface area contributed by atoms with Crippen molar-refractivity contribution in [3.05, 3.63) is 54.0 Å². The van der Waals surface area contributed by atoms with E-state index in [1.54, 1.807) is 24.2 Å². The summed E-state index contributed by atoms with van der Waals surface area (Å²) in [6.07, 6.45) is 5.26. The molecule has 2 aromatic rings. The van der Waals surface area contributed by atoms with Gasteiger partial charge in [0.25, 0.3) is 0 Å². The Morgan fingerprint density at radius 3 is 2.38 bits per heavy atom. The Kier molecular flexibility index (Phi) is 6.21. The van der Waals surface area contributed by atoms with Crippen LogP contribution < -0.4 is 5.32 Å². The lowest BCUT2D eigenvalue weighted by Gasteiger charge is -2.18. The summed E-state index contributed by atoms with van der Waals surface area (Å²) in [6.45, 7) is 7.54. The van der Waals surface area contributed by atoms with Gasteiger partial charge in [-0.05, 0) is 23.6 Å². The molecule has 0 spiro atoms. The molecule has 0 saturated carbocycles. The van der Waals surface area contributed by atoms with Crippen molar-refractivity contribution in [2.75, 3.05) is 12.3 Å². The van der Waals surface area contributed by atoms with Crippen molar-refractivity contribution in [3.63, 3.8) is 0 Å². The van der Waals surface area contributed by atoms with Gasteiger partial charge in [0.05, 0.1) is 6.20 Å². The molecule has 0 aliphatic rings. The minimum absolute atomic E-state index is 0.336. The van der Waals surface area contributed by atoms with Crippen molar-refractivity contribution < 1.29 is 0 Å². The van der Waals surface area contributed by atoms with Crippen LogP contribution >= 0.6 is 11.8 Å². The molecule has 4 heteroatoms. The highest BCUT2D eigenvalue weighted by atomic mass is 32.2. The van der Waals surface area contributed by atoms with Crippen LogP contribution in [0.3, 0.4) is 0 Å². The molecule has 21 heavy (non-hydrogen) atoms. The highest BCUT2D eigenvalue weighted by molar-refractivity contribution is 7.99. The monoisotopic (exact) mass is 301 g/mol. The Balaban J connectivity index is 2.04. The van der Waals surface area contributed by atoms with Crippen LogP contribution in [-0.2, 0) is 0 Å². The average molecular weight is 301 g/mol. The zero-order valence-electron chi connectivity index (χ0n) is 12.9. The number of hydrogen-bond donors (Lipinski definition) is 1. The first kappa shape index (κ1) is 16.0. The van der Waals surface area contributed by atoms with E-state index in [2.05, 4.69) is 60.3 Å². The highest BCUT2D eigenvalue weighted by Crippen LogP contribution is 2.24. The maximum absolute atomic E-state index is 4.31. The summed E-state index contributed by atoms with van der Waals surface area (Å²) in [5.41, 5.74) is 2.72. The van der Waals surface area contributed by atoms with Gasteiger partial charge in [-0.25, -0.2) is 4.98 Å². The molecule has 0 radical (unpaired) electrons. The summed E-state index contributed by atoms with van der Waals surface area (Å²) in [5.74, 6) is 1.53. The third-order valence-corrected chi connectivity index (χ3v) is 4.40. The molecule has 2 rings (SSSR count). The van der Waals surface area contributed by atoms with E-state index in [1.807, 2.05) is 6.20 Å². The van der Waals surface area contributed by atoms with Gasteiger partial charge in [0.15, 0.2) is 0 Å². The van der Waals surface area contributed by atoms with Gasteiger partial charge in [0.2, 0.25) is 0 Å². The third kappa shape index (κ3) is 4.83. The molecule has 1 aromatic carbocycles. The molecule has 0 aliphatic heterocycles. The zero-order chi connectivity index (χ0) is 15.1. The molecule has 1 aromatic heterocycles. The van der Waals surface area contributed by atoms with Gasteiger partial charge >= 0.3 is 0 Å². The largest absolute Gasteiger partial charge is 0.309 e. The van der Waals surface area contributed by atoms with Crippen LogP contribution in [-0.4, -0.2) is 22.3 Å². The first-order valence-corrected chi connectivity index (χ1v) is 8.41. The fourth-order valence-corrected chi connectivity index (χ4v) is 3.08. The van der Waals surface area contributed by atoms with Crippen LogP contribution in [0.15, 0.2) is 47.9 Å². The van der Waals surface area contributed by atoms with Crippen molar-refractivity contribution in [1.29, 1.82) is 0 Å². The standard InChI is InChI=1S/C17H23N3S/c1-4-19-16(12-21-17-11-18-9-10-20-17)15-7-5-14(6-8-15)13(2)3/h5-11,13,16,19H,4,12H2,1-3H3. The van der Waals surface area contributed by atoms with E-state index in [9.17, 15) is 0 Å². The molecule has 0 bridgehead atoms. The summed E-state index contributed by atoms with van der Waals surface area (Å²) in [6, 6.07) is 9.28. The summed E-state index contributed by atoms with van der Waals surface area (Å²) in [4.78, 5) is 8.42. The van der Waals surface area contributed by atoms with Gasteiger partial charge in [-0.3, -0.25) is 4.98 Å². The smallest absolute Gasteiger partial charge is 0.114 e. The zero-order valence-corrected chi connectivity index (χ0v) is 13.7. The Bertz CT molecular complexity index is 525. The number of hydrogen-bond acceptors (Lipinski definition) is 4. The van der Waals surface area contributed by atoms with Crippen LogP contribution in [0.4, 0.5) is 0 Å². The fourth-order valence-electron chi connectivity index (χ4n) is 2.16. The van der Waals surface area contributed by atoms with E-state index in [4.69, 9.17) is 0 Å². The molecule has 3 nitrogen and oxygen atoms in total. The number of benzene rings is 1. The van der Waals surface area contributed by atoms with Gasteiger partial charge in [0.1, 0.15) is 5.03 Å². The lowest BCUT2D eigenvalue weighted by atomic mass is 9.99. The van der Waals surface area contributed by atoms with E-state index >= 15 is 0 Å². The van der Waals surface area contributed by atoms with Gasteiger partial charge < -0.3 is 5.32 Å². The molecule has 112 valence electrons. The van der Waals surface area contributed by atoms with E-state index < -0.39 is 0 Å². The van der Waals surface area contributed by atoms with Crippen molar-refractivity contribution in [1.82, 2.24) is 15.3 Å². The minimum Gasteiger partial charge on any atom is -0.309 e. The molecular formula is C17H23N3S. The molecule has 0 saturated heterocycles.